The minimum absolute atomic E-state index is 0.00484. The lowest BCUT2D eigenvalue weighted by molar-refractivity contribution is 0.0341. The van der Waals surface area contributed by atoms with Gasteiger partial charge in [-0.05, 0) is 42.9 Å². The Hall–Kier alpha value is -1.72. The van der Waals surface area contributed by atoms with E-state index in [4.69, 9.17) is 0 Å². The second-order valence-corrected chi connectivity index (χ2v) is 7.53. The summed E-state index contributed by atoms with van der Waals surface area (Å²) in [5.41, 5.74) is 0.496. The van der Waals surface area contributed by atoms with E-state index in [1.54, 1.807) is 24.3 Å². The minimum Gasteiger partial charge on any atom is -0.396 e. The van der Waals surface area contributed by atoms with Crippen molar-refractivity contribution in [1.82, 2.24) is 4.90 Å². The molecule has 1 fully saturated rings. The predicted molar refractivity (Wildman–Crippen MR) is 94.7 cm³/mol. The molecule has 2 aromatic rings. The van der Waals surface area contributed by atoms with E-state index in [-0.39, 0.29) is 23.7 Å². The van der Waals surface area contributed by atoms with Crippen LogP contribution in [0.25, 0.3) is 10.4 Å². The normalized spacial score (nSPS) is 17.0. The van der Waals surface area contributed by atoms with E-state index < -0.39 is 0 Å². The summed E-state index contributed by atoms with van der Waals surface area (Å²) in [5.74, 6) is -0.266. The first-order valence-corrected chi connectivity index (χ1v) is 9.15. The summed E-state index contributed by atoms with van der Waals surface area (Å²) in [7, 11) is 0. The van der Waals surface area contributed by atoms with Crippen LogP contribution in [-0.2, 0) is 0 Å². The van der Waals surface area contributed by atoms with Crippen molar-refractivity contribution in [3.8, 4) is 10.4 Å². The van der Waals surface area contributed by atoms with Crippen molar-refractivity contribution in [3.63, 3.8) is 0 Å². The summed E-state index contributed by atoms with van der Waals surface area (Å²) < 4.78 is 13.9. The number of aliphatic hydroxyl groups is 1. The fourth-order valence-electron chi connectivity index (χ4n) is 3.22. The third kappa shape index (κ3) is 3.23. The van der Waals surface area contributed by atoms with Gasteiger partial charge in [-0.25, -0.2) is 4.39 Å². The average Bonchev–Trinajstić information content (AvgIpc) is 3.11. The maximum Gasteiger partial charge on any atom is 0.263 e. The van der Waals surface area contributed by atoms with E-state index in [1.165, 1.54) is 17.4 Å². The minimum atomic E-state index is -0.271. The van der Waals surface area contributed by atoms with Crippen LogP contribution in [0.2, 0.25) is 0 Å². The number of piperidine rings is 1. The lowest BCUT2D eigenvalue weighted by Gasteiger charge is -2.40. The summed E-state index contributed by atoms with van der Waals surface area (Å²) in [5, 5.41) is 9.60. The highest BCUT2D eigenvalue weighted by atomic mass is 32.1. The van der Waals surface area contributed by atoms with Crippen molar-refractivity contribution < 1.29 is 14.3 Å². The number of nitrogens with zero attached hydrogens (tertiary/aromatic N) is 1. The number of aliphatic hydroxyl groups excluding tert-OH is 1. The maximum atomic E-state index is 13.9. The van der Waals surface area contributed by atoms with Crippen molar-refractivity contribution >= 4 is 17.2 Å². The Morgan fingerprint density at radius 2 is 1.96 bits per heavy atom. The SMILES string of the molecule is CCC1(CO)CCN(C(=O)c2ccc(-c3ccccc3F)s2)CC1. The first-order chi connectivity index (χ1) is 11.6. The van der Waals surface area contributed by atoms with Crippen molar-refractivity contribution in [1.29, 1.82) is 0 Å². The Morgan fingerprint density at radius 1 is 1.25 bits per heavy atom. The smallest absolute Gasteiger partial charge is 0.263 e. The van der Waals surface area contributed by atoms with Gasteiger partial charge in [0.1, 0.15) is 5.82 Å². The standard InChI is InChI=1S/C19H22FNO2S/c1-2-19(13-22)9-11-21(12-10-19)18(23)17-8-7-16(24-17)14-5-3-4-6-15(14)20/h3-8,22H,2,9-13H2,1H3. The first kappa shape index (κ1) is 17.1. The highest BCUT2D eigenvalue weighted by Crippen LogP contribution is 2.36. The van der Waals surface area contributed by atoms with E-state index in [2.05, 4.69) is 6.92 Å². The molecule has 0 unspecified atom stereocenters. The van der Waals surface area contributed by atoms with Crippen LogP contribution in [0.15, 0.2) is 36.4 Å². The summed E-state index contributed by atoms with van der Waals surface area (Å²) in [6.45, 7) is 3.61. The van der Waals surface area contributed by atoms with Gasteiger partial charge in [-0.2, -0.15) is 0 Å². The molecule has 128 valence electrons. The molecule has 0 radical (unpaired) electrons. The van der Waals surface area contributed by atoms with Crippen molar-refractivity contribution in [2.45, 2.75) is 26.2 Å². The fourth-order valence-corrected chi connectivity index (χ4v) is 4.22. The molecule has 24 heavy (non-hydrogen) atoms. The maximum absolute atomic E-state index is 13.9. The molecule has 1 N–H and O–H groups in total. The number of halogens is 1. The van der Waals surface area contributed by atoms with Crippen LogP contribution in [0, 0.1) is 11.2 Å². The van der Waals surface area contributed by atoms with E-state index in [0.29, 0.717) is 23.5 Å². The average molecular weight is 347 g/mol. The van der Waals surface area contributed by atoms with Gasteiger partial charge in [-0.3, -0.25) is 4.79 Å². The second-order valence-electron chi connectivity index (χ2n) is 6.45. The van der Waals surface area contributed by atoms with Crippen LogP contribution in [0.4, 0.5) is 4.39 Å². The van der Waals surface area contributed by atoms with Crippen LogP contribution in [0.3, 0.4) is 0 Å². The number of carbonyl (C=O) groups excluding carboxylic acids is 1. The molecule has 0 atom stereocenters. The molecule has 0 spiro atoms. The molecule has 0 aliphatic carbocycles. The summed E-state index contributed by atoms with van der Waals surface area (Å²) in [4.78, 5) is 16.0. The Balaban J connectivity index is 1.72. The molecule has 2 heterocycles. The van der Waals surface area contributed by atoms with E-state index in [1.807, 2.05) is 11.0 Å². The van der Waals surface area contributed by atoms with Gasteiger partial charge in [0.25, 0.3) is 5.91 Å². The number of benzene rings is 1. The van der Waals surface area contributed by atoms with Crippen molar-refractivity contribution in [2.24, 2.45) is 5.41 Å². The van der Waals surface area contributed by atoms with E-state index in [9.17, 15) is 14.3 Å². The molecule has 1 saturated heterocycles. The summed E-state index contributed by atoms with van der Waals surface area (Å²) >= 11 is 1.33. The molecule has 3 rings (SSSR count). The number of hydrogen-bond donors (Lipinski definition) is 1. The zero-order valence-corrected chi connectivity index (χ0v) is 14.6. The highest BCUT2D eigenvalue weighted by Gasteiger charge is 2.34. The molecule has 1 amide bonds. The van der Waals surface area contributed by atoms with E-state index in [0.717, 1.165) is 24.1 Å². The molecule has 1 aromatic heterocycles. The molecule has 1 aromatic carbocycles. The zero-order chi connectivity index (χ0) is 17.2. The molecular weight excluding hydrogens is 325 g/mol. The van der Waals surface area contributed by atoms with Gasteiger partial charge in [0.15, 0.2) is 0 Å². The number of rotatable bonds is 4. The Bertz CT molecular complexity index is 714. The monoisotopic (exact) mass is 347 g/mol. The predicted octanol–water partition coefficient (Wildman–Crippen LogP) is 4.18. The quantitative estimate of drug-likeness (QED) is 0.901. The molecule has 0 saturated carbocycles. The van der Waals surface area contributed by atoms with Gasteiger partial charge in [0.05, 0.1) is 4.88 Å². The Morgan fingerprint density at radius 3 is 2.58 bits per heavy atom. The molecular formula is C19H22FNO2S. The number of thiophene rings is 1. The first-order valence-electron chi connectivity index (χ1n) is 8.33. The van der Waals surface area contributed by atoms with Gasteiger partial charge in [-0.15, -0.1) is 11.3 Å². The molecule has 5 heteroatoms. The third-order valence-corrected chi connectivity index (χ3v) is 6.26. The number of likely N-dealkylation sites (tertiary alicyclic amines) is 1. The van der Waals surface area contributed by atoms with Crippen LogP contribution < -0.4 is 0 Å². The van der Waals surface area contributed by atoms with Crippen molar-refractivity contribution in [3.05, 3.63) is 47.1 Å². The van der Waals surface area contributed by atoms with Crippen LogP contribution in [0.5, 0.6) is 0 Å². The zero-order valence-electron chi connectivity index (χ0n) is 13.8. The van der Waals surface area contributed by atoms with Gasteiger partial charge >= 0.3 is 0 Å². The van der Waals surface area contributed by atoms with Gasteiger partial charge in [-0.1, -0.05) is 25.1 Å². The number of hydrogen-bond acceptors (Lipinski definition) is 3. The third-order valence-electron chi connectivity index (χ3n) is 5.15. The van der Waals surface area contributed by atoms with E-state index >= 15 is 0 Å². The van der Waals surface area contributed by atoms with Crippen LogP contribution >= 0.6 is 11.3 Å². The summed E-state index contributed by atoms with van der Waals surface area (Å²) in [6.07, 6.45) is 2.59. The molecule has 3 nitrogen and oxygen atoms in total. The van der Waals surface area contributed by atoms with Gasteiger partial charge in [0.2, 0.25) is 0 Å². The largest absolute Gasteiger partial charge is 0.396 e. The number of amides is 1. The summed E-state index contributed by atoms with van der Waals surface area (Å²) in [6, 6.07) is 10.2. The highest BCUT2D eigenvalue weighted by molar-refractivity contribution is 7.17. The second kappa shape index (κ2) is 7.03. The molecule has 0 bridgehead atoms. The van der Waals surface area contributed by atoms with Crippen molar-refractivity contribution in [2.75, 3.05) is 19.7 Å². The van der Waals surface area contributed by atoms with Gasteiger partial charge in [0, 0.05) is 30.1 Å². The Kier molecular flexibility index (Phi) is 5.01. The number of carbonyl (C=O) groups is 1. The lowest BCUT2D eigenvalue weighted by atomic mass is 9.77. The van der Waals surface area contributed by atoms with Crippen LogP contribution in [0.1, 0.15) is 35.9 Å². The molecule has 1 aliphatic heterocycles. The lowest BCUT2D eigenvalue weighted by Crippen LogP contribution is -2.44. The van der Waals surface area contributed by atoms with Gasteiger partial charge < -0.3 is 10.0 Å². The van der Waals surface area contributed by atoms with Crippen LogP contribution in [-0.4, -0.2) is 35.6 Å². The molecule has 1 aliphatic rings. The Labute approximate surface area is 145 Å². The fraction of sp³-hybridized carbons (Fsp3) is 0.421. The topological polar surface area (TPSA) is 40.5 Å².